The molecule has 1 aromatic carbocycles. The van der Waals surface area contributed by atoms with Crippen molar-refractivity contribution in [2.45, 2.75) is 26.9 Å². The van der Waals surface area contributed by atoms with Gasteiger partial charge in [-0.25, -0.2) is 0 Å². The lowest BCUT2D eigenvalue weighted by Crippen LogP contribution is -2.31. The van der Waals surface area contributed by atoms with Crippen molar-refractivity contribution in [2.75, 3.05) is 6.54 Å². The predicted octanol–water partition coefficient (Wildman–Crippen LogP) is 2.36. The molecule has 0 aromatic heterocycles. The zero-order valence-corrected chi connectivity index (χ0v) is 9.16. The molecule has 1 atom stereocenters. The first-order valence-electron chi connectivity index (χ1n) is 5.07. The smallest absolute Gasteiger partial charge is 0.122 e. The number of rotatable bonds is 4. The van der Waals surface area contributed by atoms with Gasteiger partial charge in [0, 0.05) is 6.54 Å². The standard InChI is InChI=1S/C12H19NO/c1-9(2)12(8-13)14-11-7-5-4-6-10(11)3/h4-7,9,12H,8,13H2,1-3H3. The zero-order chi connectivity index (χ0) is 10.6. The Morgan fingerprint density at radius 2 is 1.93 bits per heavy atom. The van der Waals surface area contributed by atoms with Crippen LogP contribution in [0.15, 0.2) is 24.3 Å². The van der Waals surface area contributed by atoms with Gasteiger partial charge in [0.05, 0.1) is 0 Å². The zero-order valence-electron chi connectivity index (χ0n) is 9.16. The third kappa shape index (κ3) is 2.74. The lowest BCUT2D eigenvalue weighted by molar-refractivity contribution is 0.158. The van der Waals surface area contributed by atoms with Crippen LogP contribution in [0.3, 0.4) is 0 Å². The second-order valence-electron chi connectivity index (χ2n) is 3.90. The van der Waals surface area contributed by atoms with Crippen LogP contribution in [0.4, 0.5) is 0 Å². The predicted molar refractivity (Wildman–Crippen MR) is 59.5 cm³/mol. The largest absolute Gasteiger partial charge is 0.489 e. The summed E-state index contributed by atoms with van der Waals surface area (Å²) in [4.78, 5) is 0. The highest BCUT2D eigenvalue weighted by Gasteiger charge is 2.13. The minimum atomic E-state index is 0.107. The molecule has 0 amide bonds. The molecule has 0 aliphatic carbocycles. The summed E-state index contributed by atoms with van der Waals surface area (Å²) < 4.78 is 5.83. The summed E-state index contributed by atoms with van der Waals surface area (Å²) in [6.07, 6.45) is 0.107. The lowest BCUT2D eigenvalue weighted by Gasteiger charge is -2.21. The normalized spacial score (nSPS) is 12.9. The van der Waals surface area contributed by atoms with E-state index in [4.69, 9.17) is 10.5 Å². The van der Waals surface area contributed by atoms with E-state index in [9.17, 15) is 0 Å². The molecule has 1 aromatic rings. The maximum absolute atomic E-state index is 5.83. The van der Waals surface area contributed by atoms with E-state index in [1.54, 1.807) is 0 Å². The first-order chi connectivity index (χ1) is 6.65. The Morgan fingerprint density at radius 1 is 1.29 bits per heavy atom. The molecular weight excluding hydrogens is 174 g/mol. The van der Waals surface area contributed by atoms with Gasteiger partial charge in [-0.3, -0.25) is 0 Å². The minimum Gasteiger partial charge on any atom is -0.489 e. The molecule has 1 rings (SSSR count). The fourth-order valence-electron chi connectivity index (χ4n) is 1.31. The van der Waals surface area contributed by atoms with E-state index >= 15 is 0 Å². The van der Waals surface area contributed by atoms with Crippen molar-refractivity contribution in [2.24, 2.45) is 11.7 Å². The van der Waals surface area contributed by atoms with Crippen LogP contribution in [0.5, 0.6) is 5.75 Å². The molecule has 2 nitrogen and oxygen atoms in total. The monoisotopic (exact) mass is 193 g/mol. The minimum absolute atomic E-state index is 0.107. The molecule has 0 aliphatic rings. The Labute approximate surface area is 86.1 Å². The van der Waals surface area contributed by atoms with Crippen LogP contribution in [0, 0.1) is 12.8 Å². The molecule has 0 saturated carbocycles. The van der Waals surface area contributed by atoms with Crippen LogP contribution in [0.2, 0.25) is 0 Å². The van der Waals surface area contributed by atoms with Crippen LogP contribution in [-0.4, -0.2) is 12.6 Å². The van der Waals surface area contributed by atoms with E-state index in [0.29, 0.717) is 12.5 Å². The van der Waals surface area contributed by atoms with Gasteiger partial charge in [0.15, 0.2) is 0 Å². The average Bonchev–Trinajstić information content (AvgIpc) is 2.16. The quantitative estimate of drug-likeness (QED) is 0.796. The van der Waals surface area contributed by atoms with Crippen LogP contribution in [0.25, 0.3) is 0 Å². The SMILES string of the molecule is Cc1ccccc1OC(CN)C(C)C. The van der Waals surface area contributed by atoms with Crippen molar-refractivity contribution in [3.8, 4) is 5.75 Å². The molecule has 2 heteroatoms. The van der Waals surface area contributed by atoms with Gasteiger partial charge in [-0.15, -0.1) is 0 Å². The average molecular weight is 193 g/mol. The van der Waals surface area contributed by atoms with E-state index in [0.717, 1.165) is 11.3 Å². The number of hydrogen-bond donors (Lipinski definition) is 1. The third-order valence-corrected chi connectivity index (χ3v) is 2.35. The van der Waals surface area contributed by atoms with Gasteiger partial charge in [-0.2, -0.15) is 0 Å². The van der Waals surface area contributed by atoms with E-state index < -0.39 is 0 Å². The van der Waals surface area contributed by atoms with Crippen LogP contribution < -0.4 is 10.5 Å². The molecule has 0 aliphatic heterocycles. The Hall–Kier alpha value is -1.02. The van der Waals surface area contributed by atoms with E-state index in [-0.39, 0.29) is 6.10 Å². The fraction of sp³-hybridized carbons (Fsp3) is 0.500. The number of hydrogen-bond acceptors (Lipinski definition) is 2. The first kappa shape index (κ1) is 11.1. The second-order valence-corrected chi connectivity index (χ2v) is 3.90. The van der Waals surface area contributed by atoms with Crippen molar-refractivity contribution < 1.29 is 4.74 Å². The highest BCUT2D eigenvalue weighted by molar-refractivity contribution is 5.31. The summed E-state index contributed by atoms with van der Waals surface area (Å²) in [7, 11) is 0. The van der Waals surface area contributed by atoms with Gasteiger partial charge in [0.1, 0.15) is 11.9 Å². The number of ether oxygens (including phenoxy) is 1. The van der Waals surface area contributed by atoms with Crippen molar-refractivity contribution in [1.82, 2.24) is 0 Å². The van der Waals surface area contributed by atoms with E-state index in [1.807, 2.05) is 31.2 Å². The number of nitrogens with two attached hydrogens (primary N) is 1. The molecule has 0 bridgehead atoms. The van der Waals surface area contributed by atoms with Crippen LogP contribution >= 0.6 is 0 Å². The molecule has 0 spiro atoms. The van der Waals surface area contributed by atoms with Gasteiger partial charge >= 0.3 is 0 Å². The molecule has 0 saturated heterocycles. The van der Waals surface area contributed by atoms with Crippen molar-refractivity contribution in [3.05, 3.63) is 29.8 Å². The summed E-state index contributed by atoms with van der Waals surface area (Å²) >= 11 is 0. The molecule has 0 radical (unpaired) electrons. The first-order valence-corrected chi connectivity index (χ1v) is 5.07. The molecule has 0 heterocycles. The second kappa shape index (κ2) is 5.01. The summed E-state index contributed by atoms with van der Waals surface area (Å²) in [6.45, 7) is 6.85. The van der Waals surface area contributed by atoms with E-state index in [2.05, 4.69) is 13.8 Å². The summed E-state index contributed by atoms with van der Waals surface area (Å²) in [5, 5.41) is 0. The van der Waals surface area contributed by atoms with Crippen molar-refractivity contribution in [3.63, 3.8) is 0 Å². The number of benzene rings is 1. The molecule has 0 fully saturated rings. The Morgan fingerprint density at radius 3 is 2.43 bits per heavy atom. The van der Waals surface area contributed by atoms with Crippen molar-refractivity contribution in [1.29, 1.82) is 0 Å². The molecule has 1 unspecified atom stereocenters. The Bertz CT molecular complexity index is 283. The van der Waals surface area contributed by atoms with E-state index in [1.165, 1.54) is 0 Å². The third-order valence-electron chi connectivity index (χ3n) is 2.35. The lowest BCUT2D eigenvalue weighted by atomic mass is 10.1. The van der Waals surface area contributed by atoms with Gasteiger partial charge < -0.3 is 10.5 Å². The van der Waals surface area contributed by atoms with Crippen molar-refractivity contribution >= 4 is 0 Å². The molecule has 2 N–H and O–H groups in total. The number of para-hydroxylation sites is 1. The maximum atomic E-state index is 5.83. The maximum Gasteiger partial charge on any atom is 0.122 e. The summed E-state index contributed by atoms with van der Waals surface area (Å²) in [5.74, 6) is 1.39. The fourth-order valence-corrected chi connectivity index (χ4v) is 1.31. The van der Waals surface area contributed by atoms with Crippen LogP contribution in [-0.2, 0) is 0 Å². The van der Waals surface area contributed by atoms with Crippen LogP contribution in [0.1, 0.15) is 19.4 Å². The number of aryl methyl sites for hydroxylation is 1. The molecular formula is C12H19NO. The topological polar surface area (TPSA) is 35.2 Å². The Balaban J connectivity index is 2.72. The highest BCUT2D eigenvalue weighted by atomic mass is 16.5. The summed E-state index contributed by atoms with van der Waals surface area (Å²) in [6, 6.07) is 8.02. The Kier molecular flexibility index (Phi) is 3.96. The summed E-state index contributed by atoms with van der Waals surface area (Å²) in [5.41, 5.74) is 6.81. The van der Waals surface area contributed by atoms with Gasteiger partial charge in [-0.1, -0.05) is 32.0 Å². The van der Waals surface area contributed by atoms with Gasteiger partial charge in [-0.05, 0) is 24.5 Å². The molecule has 14 heavy (non-hydrogen) atoms. The highest BCUT2D eigenvalue weighted by Crippen LogP contribution is 2.19. The van der Waals surface area contributed by atoms with Gasteiger partial charge in [0.2, 0.25) is 0 Å². The molecule has 78 valence electrons. The van der Waals surface area contributed by atoms with Gasteiger partial charge in [0.25, 0.3) is 0 Å².